The Balaban J connectivity index is 0.982. The van der Waals surface area contributed by atoms with Crippen LogP contribution in [0.4, 0.5) is 17.1 Å². The zero-order valence-corrected chi connectivity index (χ0v) is 37.8. The van der Waals surface area contributed by atoms with Crippen LogP contribution in [0.5, 0.6) is 0 Å². The maximum absolute atomic E-state index is 6.32. The summed E-state index contributed by atoms with van der Waals surface area (Å²) >= 11 is 0. The molecule has 0 amide bonds. The molecule has 1 heterocycles. The lowest BCUT2D eigenvalue weighted by atomic mass is 9.67. The van der Waals surface area contributed by atoms with Crippen LogP contribution in [0.15, 0.2) is 277 Å². The standard InChI is InChI=1S/C67H45NO/c1-4-18-46(19-5-1)47-34-36-48(37-35-47)49-38-42-53(43-39-49)68(54-44-40-50(41-45-54)55-27-17-33-64-66(55)59-26-12-15-32-63(59)69-64)62-31-14-11-24-56(62)57-28-16-30-61-65(57)58-25-10-13-29-60(58)67(61,51-20-6-2-7-21-51)52-22-8-3-9-23-52/h1-45H. The van der Waals surface area contributed by atoms with Gasteiger partial charge in [-0.05, 0) is 115 Å². The van der Waals surface area contributed by atoms with Crippen LogP contribution in [0, 0.1) is 0 Å². The van der Waals surface area contributed by atoms with Crippen molar-refractivity contribution >= 4 is 39.0 Å². The Labute approximate surface area is 402 Å². The summed E-state index contributed by atoms with van der Waals surface area (Å²) in [5.74, 6) is 0. The van der Waals surface area contributed by atoms with E-state index in [-0.39, 0.29) is 0 Å². The van der Waals surface area contributed by atoms with Gasteiger partial charge in [0.25, 0.3) is 0 Å². The summed E-state index contributed by atoms with van der Waals surface area (Å²) in [5, 5.41) is 2.26. The minimum atomic E-state index is -0.507. The van der Waals surface area contributed by atoms with E-state index in [0.29, 0.717) is 0 Å². The van der Waals surface area contributed by atoms with Crippen molar-refractivity contribution in [3.05, 3.63) is 295 Å². The van der Waals surface area contributed by atoms with Gasteiger partial charge in [0.2, 0.25) is 0 Å². The summed E-state index contributed by atoms with van der Waals surface area (Å²) in [5.41, 5.74) is 21.5. The summed E-state index contributed by atoms with van der Waals surface area (Å²) in [4.78, 5) is 2.43. The van der Waals surface area contributed by atoms with E-state index in [4.69, 9.17) is 4.42 Å². The Morgan fingerprint density at radius 3 is 1.41 bits per heavy atom. The lowest BCUT2D eigenvalue weighted by Gasteiger charge is -2.34. The molecule has 12 aromatic rings. The first kappa shape index (κ1) is 40.3. The molecule has 0 unspecified atom stereocenters. The van der Waals surface area contributed by atoms with Crippen LogP contribution in [-0.4, -0.2) is 0 Å². The fraction of sp³-hybridized carbons (Fsp3) is 0.0149. The van der Waals surface area contributed by atoms with Crippen molar-refractivity contribution in [1.29, 1.82) is 0 Å². The van der Waals surface area contributed by atoms with Crippen LogP contribution in [0.1, 0.15) is 22.3 Å². The van der Waals surface area contributed by atoms with E-state index in [9.17, 15) is 0 Å². The lowest BCUT2D eigenvalue weighted by Crippen LogP contribution is -2.28. The fourth-order valence-electron chi connectivity index (χ4n) is 11.1. The molecule has 13 rings (SSSR count). The molecular formula is C67H45NO. The number of para-hydroxylation sites is 2. The van der Waals surface area contributed by atoms with Crippen molar-refractivity contribution in [2.75, 3.05) is 4.90 Å². The highest BCUT2D eigenvalue weighted by atomic mass is 16.3. The first-order valence-electron chi connectivity index (χ1n) is 23.7. The van der Waals surface area contributed by atoms with Gasteiger partial charge in [-0.25, -0.2) is 0 Å². The number of rotatable bonds is 9. The van der Waals surface area contributed by atoms with Crippen molar-refractivity contribution in [2.45, 2.75) is 5.41 Å². The largest absolute Gasteiger partial charge is 0.456 e. The molecule has 0 saturated carbocycles. The zero-order chi connectivity index (χ0) is 45.7. The molecule has 0 radical (unpaired) electrons. The Morgan fingerprint density at radius 2 is 0.739 bits per heavy atom. The maximum Gasteiger partial charge on any atom is 0.136 e. The smallest absolute Gasteiger partial charge is 0.136 e. The van der Waals surface area contributed by atoms with Crippen molar-refractivity contribution in [3.63, 3.8) is 0 Å². The van der Waals surface area contributed by atoms with Gasteiger partial charge in [-0.2, -0.15) is 0 Å². The van der Waals surface area contributed by atoms with E-state index in [0.717, 1.165) is 61.3 Å². The highest BCUT2D eigenvalue weighted by molar-refractivity contribution is 6.12. The van der Waals surface area contributed by atoms with Crippen molar-refractivity contribution in [1.82, 2.24) is 0 Å². The molecule has 0 saturated heterocycles. The predicted octanol–water partition coefficient (Wildman–Crippen LogP) is 18.1. The first-order valence-corrected chi connectivity index (χ1v) is 23.7. The molecule has 2 nitrogen and oxygen atoms in total. The second-order valence-electron chi connectivity index (χ2n) is 17.9. The van der Waals surface area contributed by atoms with E-state index < -0.39 is 5.41 Å². The van der Waals surface area contributed by atoms with Gasteiger partial charge in [0.15, 0.2) is 0 Å². The molecule has 0 N–H and O–H groups in total. The molecule has 324 valence electrons. The molecule has 0 fully saturated rings. The van der Waals surface area contributed by atoms with Gasteiger partial charge in [0.05, 0.1) is 11.1 Å². The number of furan rings is 1. The van der Waals surface area contributed by atoms with Crippen molar-refractivity contribution in [2.24, 2.45) is 0 Å². The normalized spacial score (nSPS) is 12.5. The summed E-state index contributed by atoms with van der Waals surface area (Å²) in [6.45, 7) is 0. The first-order chi connectivity index (χ1) is 34.2. The maximum atomic E-state index is 6.32. The van der Waals surface area contributed by atoms with Crippen LogP contribution in [0.3, 0.4) is 0 Å². The van der Waals surface area contributed by atoms with Gasteiger partial charge in [0, 0.05) is 27.7 Å². The Hall–Kier alpha value is -8.98. The topological polar surface area (TPSA) is 16.4 Å². The van der Waals surface area contributed by atoms with Crippen molar-refractivity contribution < 1.29 is 4.42 Å². The molecule has 1 aliphatic rings. The third kappa shape index (κ3) is 6.64. The third-order valence-corrected chi connectivity index (χ3v) is 14.2. The third-order valence-electron chi connectivity index (χ3n) is 14.2. The number of benzene rings is 11. The molecule has 2 heteroatoms. The van der Waals surface area contributed by atoms with E-state index in [1.807, 2.05) is 12.1 Å². The number of hydrogen-bond acceptors (Lipinski definition) is 2. The summed E-state index contributed by atoms with van der Waals surface area (Å²) in [6, 6.07) is 99.2. The van der Waals surface area contributed by atoms with Gasteiger partial charge in [-0.1, -0.05) is 231 Å². The number of fused-ring (bicyclic) bond motifs is 6. The highest BCUT2D eigenvalue weighted by Crippen LogP contribution is 2.59. The van der Waals surface area contributed by atoms with E-state index in [1.54, 1.807) is 0 Å². The second-order valence-corrected chi connectivity index (χ2v) is 17.9. The van der Waals surface area contributed by atoms with E-state index >= 15 is 0 Å². The van der Waals surface area contributed by atoms with Gasteiger partial charge in [0.1, 0.15) is 11.2 Å². The molecule has 69 heavy (non-hydrogen) atoms. The Kier molecular flexibility index (Phi) is 9.77. The van der Waals surface area contributed by atoms with E-state index in [1.165, 1.54) is 55.6 Å². The van der Waals surface area contributed by atoms with Gasteiger partial charge in [-0.3, -0.25) is 0 Å². The average molecular weight is 880 g/mol. The fourth-order valence-corrected chi connectivity index (χ4v) is 11.1. The van der Waals surface area contributed by atoms with Crippen LogP contribution in [-0.2, 0) is 5.41 Å². The van der Waals surface area contributed by atoms with Crippen LogP contribution >= 0.6 is 0 Å². The molecule has 0 aliphatic heterocycles. The monoisotopic (exact) mass is 879 g/mol. The summed E-state index contributed by atoms with van der Waals surface area (Å²) in [7, 11) is 0. The van der Waals surface area contributed by atoms with Crippen LogP contribution < -0.4 is 4.90 Å². The lowest BCUT2D eigenvalue weighted by molar-refractivity contribution is 0.669. The average Bonchev–Trinajstić information content (AvgIpc) is 3.97. The minimum absolute atomic E-state index is 0.507. The highest BCUT2D eigenvalue weighted by Gasteiger charge is 2.47. The quantitative estimate of drug-likeness (QED) is 0.144. The molecule has 1 aliphatic carbocycles. The molecule has 0 atom stereocenters. The molecule has 1 aromatic heterocycles. The molecule has 11 aromatic carbocycles. The van der Waals surface area contributed by atoms with Crippen molar-refractivity contribution in [3.8, 4) is 55.6 Å². The minimum Gasteiger partial charge on any atom is -0.456 e. The molecular weight excluding hydrogens is 835 g/mol. The molecule has 0 spiro atoms. The number of nitrogens with zero attached hydrogens (tertiary/aromatic N) is 1. The van der Waals surface area contributed by atoms with Crippen LogP contribution in [0.25, 0.3) is 77.6 Å². The Bertz CT molecular complexity index is 3760. The van der Waals surface area contributed by atoms with Gasteiger partial charge in [-0.15, -0.1) is 0 Å². The van der Waals surface area contributed by atoms with E-state index in [2.05, 4.69) is 266 Å². The second kappa shape index (κ2) is 16.7. The van der Waals surface area contributed by atoms with Gasteiger partial charge >= 0.3 is 0 Å². The van der Waals surface area contributed by atoms with Crippen LogP contribution in [0.2, 0.25) is 0 Å². The summed E-state index contributed by atoms with van der Waals surface area (Å²) < 4.78 is 6.32. The zero-order valence-electron chi connectivity index (χ0n) is 37.8. The predicted molar refractivity (Wildman–Crippen MR) is 287 cm³/mol. The Morgan fingerprint density at radius 1 is 0.290 bits per heavy atom. The van der Waals surface area contributed by atoms with Gasteiger partial charge < -0.3 is 9.32 Å². The SMILES string of the molecule is c1ccc(-c2ccc(-c3ccc(N(c4ccc(-c5cccc6oc7ccccc7c56)cc4)c4ccccc4-c4cccc5c4-c4ccccc4C5(c4ccccc4)c4ccccc4)cc3)cc2)cc1. The number of hydrogen-bond donors (Lipinski definition) is 0. The molecule has 0 bridgehead atoms. The number of anilines is 3. The summed E-state index contributed by atoms with van der Waals surface area (Å²) in [6.07, 6.45) is 0.